The second-order valence-corrected chi connectivity index (χ2v) is 5.15. The maximum Gasteiger partial charge on any atom is 0.321 e. The summed E-state index contributed by atoms with van der Waals surface area (Å²) in [6.07, 6.45) is 4.85. The molecular weight excluding hydrogens is 190 g/mol. The first kappa shape index (κ1) is 10.5. The number of rotatable bonds is 2. The minimum absolute atomic E-state index is 0.490. The lowest BCUT2D eigenvalue weighted by Gasteiger charge is -2.32. The van der Waals surface area contributed by atoms with Crippen molar-refractivity contribution in [2.24, 2.45) is 5.41 Å². The molecule has 1 aliphatic carbocycles. The van der Waals surface area contributed by atoms with Crippen LogP contribution in [0.25, 0.3) is 0 Å². The van der Waals surface area contributed by atoms with Crippen molar-refractivity contribution in [2.45, 2.75) is 45.4 Å². The van der Waals surface area contributed by atoms with Gasteiger partial charge in [-0.05, 0) is 31.1 Å². The summed E-state index contributed by atoms with van der Waals surface area (Å²) in [5, 5.41) is 6.87. The molecule has 0 unspecified atom stereocenters. The molecule has 0 aliphatic heterocycles. The Balaban J connectivity index is 2.01. The minimum atomic E-state index is 0.490. The molecule has 1 aromatic rings. The second-order valence-electron chi connectivity index (χ2n) is 5.15. The van der Waals surface area contributed by atoms with Gasteiger partial charge >= 0.3 is 6.01 Å². The molecule has 1 heterocycles. The molecule has 0 atom stereocenters. The van der Waals surface area contributed by atoms with E-state index in [1.165, 1.54) is 25.7 Å². The maximum atomic E-state index is 5.05. The average molecular weight is 209 g/mol. The Morgan fingerprint density at radius 3 is 2.53 bits per heavy atom. The third-order valence-corrected chi connectivity index (χ3v) is 3.36. The summed E-state index contributed by atoms with van der Waals surface area (Å²) >= 11 is 0. The smallest absolute Gasteiger partial charge is 0.321 e. The summed E-state index contributed by atoms with van der Waals surface area (Å²) in [5.74, 6) is 1.36. The van der Waals surface area contributed by atoms with Gasteiger partial charge in [0.15, 0.2) is 5.82 Å². The van der Waals surface area contributed by atoms with Gasteiger partial charge in [0, 0.05) is 13.0 Å². The molecule has 15 heavy (non-hydrogen) atoms. The van der Waals surface area contributed by atoms with Gasteiger partial charge in [0.05, 0.1) is 0 Å². The van der Waals surface area contributed by atoms with Crippen molar-refractivity contribution in [2.75, 3.05) is 12.4 Å². The number of nitrogens with zero attached hydrogens (tertiary/aromatic N) is 2. The number of anilines is 1. The first-order valence-electron chi connectivity index (χ1n) is 5.62. The van der Waals surface area contributed by atoms with Crippen molar-refractivity contribution in [3.8, 4) is 0 Å². The van der Waals surface area contributed by atoms with E-state index < -0.39 is 0 Å². The average Bonchev–Trinajstić information content (AvgIpc) is 2.66. The molecule has 0 amide bonds. The zero-order valence-electron chi connectivity index (χ0n) is 9.71. The summed E-state index contributed by atoms with van der Waals surface area (Å²) in [7, 11) is 1.79. The van der Waals surface area contributed by atoms with E-state index in [1.807, 2.05) is 0 Å². The van der Waals surface area contributed by atoms with E-state index in [1.54, 1.807) is 7.05 Å². The maximum absolute atomic E-state index is 5.05. The summed E-state index contributed by atoms with van der Waals surface area (Å²) in [6, 6.07) is 0.523. The molecule has 1 aromatic heterocycles. The van der Waals surface area contributed by atoms with Gasteiger partial charge in [-0.3, -0.25) is 0 Å². The van der Waals surface area contributed by atoms with E-state index in [4.69, 9.17) is 4.52 Å². The van der Waals surface area contributed by atoms with E-state index >= 15 is 0 Å². The predicted molar refractivity (Wildman–Crippen MR) is 58.8 cm³/mol. The van der Waals surface area contributed by atoms with E-state index in [9.17, 15) is 0 Å². The van der Waals surface area contributed by atoms with Crippen molar-refractivity contribution in [3.05, 3.63) is 5.82 Å². The molecule has 0 saturated heterocycles. The molecule has 0 bridgehead atoms. The zero-order chi connectivity index (χ0) is 10.9. The van der Waals surface area contributed by atoms with Crippen LogP contribution in [0.4, 0.5) is 6.01 Å². The highest BCUT2D eigenvalue weighted by Crippen LogP contribution is 2.41. The monoisotopic (exact) mass is 209 g/mol. The molecule has 1 fully saturated rings. The van der Waals surface area contributed by atoms with Crippen molar-refractivity contribution >= 4 is 6.01 Å². The van der Waals surface area contributed by atoms with Crippen LogP contribution in [0.5, 0.6) is 0 Å². The van der Waals surface area contributed by atoms with Gasteiger partial charge in [0.2, 0.25) is 0 Å². The Morgan fingerprint density at radius 1 is 1.33 bits per heavy atom. The Kier molecular flexibility index (Phi) is 2.67. The van der Waals surface area contributed by atoms with E-state index in [0.717, 1.165) is 5.82 Å². The van der Waals surface area contributed by atoms with Crippen LogP contribution < -0.4 is 5.32 Å². The minimum Gasteiger partial charge on any atom is -0.341 e. The van der Waals surface area contributed by atoms with Crippen molar-refractivity contribution in [1.82, 2.24) is 10.1 Å². The van der Waals surface area contributed by atoms with Crippen LogP contribution in [0.3, 0.4) is 0 Å². The standard InChI is InChI=1S/C11H19N3O/c1-11(2)6-4-8(5-7-11)9-13-10(12-3)15-14-9/h8H,4-7H2,1-3H3,(H,12,13,14). The van der Waals surface area contributed by atoms with Crippen LogP contribution in [0.2, 0.25) is 0 Å². The highest BCUT2D eigenvalue weighted by molar-refractivity contribution is 5.17. The molecular formula is C11H19N3O. The van der Waals surface area contributed by atoms with Crippen LogP contribution in [0.1, 0.15) is 51.3 Å². The number of hydrogen-bond donors (Lipinski definition) is 1. The fraction of sp³-hybridized carbons (Fsp3) is 0.818. The SMILES string of the molecule is CNc1nc(C2CCC(C)(C)CC2)no1. The molecule has 1 aliphatic rings. The molecule has 4 nitrogen and oxygen atoms in total. The van der Waals surface area contributed by atoms with Gasteiger partial charge in [-0.25, -0.2) is 0 Å². The first-order chi connectivity index (χ1) is 7.11. The van der Waals surface area contributed by atoms with Crippen LogP contribution in [-0.4, -0.2) is 17.2 Å². The zero-order valence-corrected chi connectivity index (χ0v) is 9.71. The summed E-state index contributed by atoms with van der Waals surface area (Å²) < 4.78 is 5.05. The normalized spacial score (nSPS) is 21.5. The lowest BCUT2D eigenvalue weighted by molar-refractivity contribution is 0.218. The van der Waals surface area contributed by atoms with E-state index in [-0.39, 0.29) is 0 Å². The topological polar surface area (TPSA) is 51.0 Å². The molecule has 2 rings (SSSR count). The van der Waals surface area contributed by atoms with Crippen molar-refractivity contribution in [3.63, 3.8) is 0 Å². The van der Waals surface area contributed by atoms with Gasteiger partial charge in [-0.1, -0.05) is 19.0 Å². The Bertz CT molecular complexity index is 322. The molecule has 1 N–H and O–H groups in total. The van der Waals surface area contributed by atoms with Gasteiger partial charge in [-0.15, -0.1) is 0 Å². The molecule has 0 spiro atoms. The quantitative estimate of drug-likeness (QED) is 0.813. The fourth-order valence-corrected chi connectivity index (χ4v) is 2.16. The number of aromatic nitrogens is 2. The Labute approximate surface area is 90.4 Å². The highest BCUT2D eigenvalue weighted by Gasteiger charge is 2.29. The van der Waals surface area contributed by atoms with Gasteiger partial charge < -0.3 is 9.84 Å². The van der Waals surface area contributed by atoms with Gasteiger partial charge in [0.1, 0.15) is 0 Å². The van der Waals surface area contributed by atoms with Gasteiger partial charge in [0.25, 0.3) is 0 Å². The number of hydrogen-bond acceptors (Lipinski definition) is 4. The fourth-order valence-electron chi connectivity index (χ4n) is 2.16. The van der Waals surface area contributed by atoms with Gasteiger partial charge in [-0.2, -0.15) is 4.98 Å². The summed E-state index contributed by atoms with van der Waals surface area (Å²) in [6.45, 7) is 4.66. The number of nitrogens with one attached hydrogen (secondary N) is 1. The van der Waals surface area contributed by atoms with Crippen molar-refractivity contribution in [1.29, 1.82) is 0 Å². The van der Waals surface area contributed by atoms with Crippen LogP contribution in [0.15, 0.2) is 4.52 Å². The Hall–Kier alpha value is -1.06. The third kappa shape index (κ3) is 2.30. The lowest BCUT2D eigenvalue weighted by atomic mass is 9.73. The third-order valence-electron chi connectivity index (χ3n) is 3.36. The summed E-state index contributed by atoms with van der Waals surface area (Å²) in [5.41, 5.74) is 0.492. The molecule has 1 saturated carbocycles. The molecule has 84 valence electrons. The molecule has 4 heteroatoms. The molecule has 0 aromatic carbocycles. The first-order valence-corrected chi connectivity index (χ1v) is 5.62. The predicted octanol–water partition coefficient (Wildman–Crippen LogP) is 2.80. The lowest BCUT2D eigenvalue weighted by Crippen LogP contribution is -2.20. The van der Waals surface area contributed by atoms with Crippen molar-refractivity contribution < 1.29 is 4.52 Å². The Morgan fingerprint density at radius 2 is 2.00 bits per heavy atom. The highest BCUT2D eigenvalue weighted by atomic mass is 16.5. The second kappa shape index (κ2) is 3.83. The van der Waals surface area contributed by atoms with E-state index in [0.29, 0.717) is 17.3 Å². The van der Waals surface area contributed by atoms with E-state index in [2.05, 4.69) is 29.3 Å². The summed E-state index contributed by atoms with van der Waals surface area (Å²) in [4.78, 5) is 4.31. The van der Waals surface area contributed by atoms with Crippen LogP contribution in [0, 0.1) is 5.41 Å². The van der Waals surface area contributed by atoms with Crippen LogP contribution >= 0.6 is 0 Å². The largest absolute Gasteiger partial charge is 0.341 e. The van der Waals surface area contributed by atoms with Crippen LogP contribution in [-0.2, 0) is 0 Å². The molecule has 0 radical (unpaired) electrons.